The van der Waals surface area contributed by atoms with Crippen LogP contribution in [0.2, 0.25) is 0 Å². The van der Waals surface area contributed by atoms with Crippen molar-refractivity contribution in [2.45, 2.75) is 31.9 Å². The molecule has 0 bridgehead atoms. The third-order valence-electron chi connectivity index (χ3n) is 4.99. The molecule has 6 heteroatoms. The van der Waals surface area contributed by atoms with E-state index in [1.165, 1.54) is 0 Å². The predicted octanol–water partition coefficient (Wildman–Crippen LogP) is 1.79. The highest BCUT2D eigenvalue weighted by atomic mass is 16.5. The van der Waals surface area contributed by atoms with Gasteiger partial charge in [-0.25, -0.2) is 0 Å². The third-order valence-corrected chi connectivity index (χ3v) is 4.99. The topological polar surface area (TPSA) is 51.2 Å². The van der Waals surface area contributed by atoms with Crippen molar-refractivity contribution in [3.8, 4) is 11.5 Å². The molecule has 1 atom stereocenters. The minimum Gasteiger partial charge on any atom is -0.497 e. The van der Waals surface area contributed by atoms with Gasteiger partial charge in [0.25, 0.3) is 0 Å². The van der Waals surface area contributed by atoms with Crippen LogP contribution in [0.1, 0.15) is 19.8 Å². The molecule has 1 amide bonds. The summed E-state index contributed by atoms with van der Waals surface area (Å²) in [5, 5.41) is 0. The van der Waals surface area contributed by atoms with Gasteiger partial charge < -0.3 is 19.1 Å². The zero-order valence-electron chi connectivity index (χ0n) is 15.1. The molecule has 0 N–H and O–H groups in total. The maximum absolute atomic E-state index is 12.3. The summed E-state index contributed by atoms with van der Waals surface area (Å²) in [5.41, 5.74) is 0. The number of carbonyl (C=O) groups is 1. The van der Waals surface area contributed by atoms with Crippen LogP contribution in [-0.2, 0) is 9.53 Å². The molecule has 6 nitrogen and oxygen atoms in total. The van der Waals surface area contributed by atoms with E-state index in [2.05, 4.69) is 11.8 Å². The molecule has 1 aromatic rings. The van der Waals surface area contributed by atoms with Gasteiger partial charge in [-0.1, -0.05) is 6.07 Å². The van der Waals surface area contributed by atoms with Crippen molar-refractivity contribution in [3.63, 3.8) is 0 Å². The third kappa shape index (κ3) is 4.86. The number of morpholine rings is 1. The van der Waals surface area contributed by atoms with Crippen LogP contribution in [-0.4, -0.2) is 74.4 Å². The second-order valence-corrected chi connectivity index (χ2v) is 6.75. The van der Waals surface area contributed by atoms with E-state index in [0.29, 0.717) is 25.6 Å². The lowest BCUT2D eigenvalue weighted by molar-refractivity contribution is -0.140. The number of amides is 1. The van der Waals surface area contributed by atoms with E-state index in [4.69, 9.17) is 14.2 Å². The molecule has 0 aromatic heterocycles. The summed E-state index contributed by atoms with van der Waals surface area (Å²) in [6, 6.07) is 8.01. The molecule has 2 saturated heterocycles. The van der Waals surface area contributed by atoms with E-state index in [0.717, 1.165) is 44.2 Å². The highest BCUT2D eigenvalue weighted by molar-refractivity contribution is 5.77. The van der Waals surface area contributed by atoms with Crippen molar-refractivity contribution >= 4 is 5.91 Å². The van der Waals surface area contributed by atoms with Gasteiger partial charge in [0.1, 0.15) is 17.6 Å². The van der Waals surface area contributed by atoms with Gasteiger partial charge in [-0.3, -0.25) is 9.69 Å². The number of hydrogen-bond acceptors (Lipinski definition) is 5. The number of nitrogens with zero attached hydrogens (tertiary/aromatic N) is 2. The molecule has 2 aliphatic rings. The summed E-state index contributed by atoms with van der Waals surface area (Å²) < 4.78 is 16.5. The lowest BCUT2D eigenvalue weighted by Crippen LogP contribution is -2.56. The van der Waals surface area contributed by atoms with Crippen LogP contribution in [0.5, 0.6) is 11.5 Å². The number of ether oxygens (including phenoxy) is 3. The first-order chi connectivity index (χ1) is 12.2. The van der Waals surface area contributed by atoms with Crippen LogP contribution in [0.4, 0.5) is 0 Å². The molecule has 2 aliphatic heterocycles. The van der Waals surface area contributed by atoms with E-state index in [9.17, 15) is 4.79 Å². The van der Waals surface area contributed by atoms with Crippen LogP contribution in [0.25, 0.3) is 0 Å². The van der Waals surface area contributed by atoms with E-state index in [1.807, 2.05) is 29.2 Å². The zero-order chi connectivity index (χ0) is 17.6. The summed E-state index contributed by atoms with van der Waals surface area (Å²) in [6.45, 7) is 7.07. The Morgan fingerprint density at radius 2 is 2.00 bits per heavy atom. The molecule has 25 heavy (non-hydrogen) atoms. The molecule has 2 fully saturated rings. The molecule has 0 radical (unpaired) electrons. The van der Waals surface area contributed by atoms with Crippen LogP contribution < -0.4 is 9.47 Å². The van der Waals surface area contributed by atoms with Gasteiger partial charge in [0.2, 0.25) is 5.91 Å². The van der Waals surface area contributed by atoms with E-state index in [-0.39, 0.29) is 12.0 Å². The normalized spacial score (nSPS) is 20.0. The molecule has 138 valence electrons. The quantitative estimate of drug-likeness (QED) is 0.752. The SMILES string of the molecule is COc1cccc(OC2CN(C(=O)CC[C@H](C)N3CCOCC3)C2)c1. The molecule has 0 aliphatic carbocycles. The van der Waals surface area contributed by atoms with Crippen molar-refractivity contribution in [3.05, 3.63) is 24.3 Å². The summed E-state index contributed by atoms with van der Waals surface area (Å²) in [7, 11) is 1.64. The average molecular weight is 348 g/mol. The molecule has 2 heterocycles. The van der Waals surface area contributed by atoms with Gasteiger partial charge in [-0.15, -0.1) is 0 Å². The van der Waals surface area contributed by atoms with Crippen molar-refractivity contribution < 1.29 is 19.0 Å². The molecular formula is C19H28N2O4. The maximum Gasteiger partial charge on any atom is 0.222 e. The monoisotopic (exact) mass is 348 g/mol. The van der Waals surface area contributed by atoms with Crippen LogP contribution in [0, 0.1) is 0 Å². The van der Waals surface area contributed by atoms with Crippen molar-refractivity contribution in [2.24, 2.45) is 0 Å². The first-order valence-corrected chi connectivity index (χ1v) is 9.06. The highest BCUT2D eigenvalue weighted by Crippen LogP contribution is 2.23. The van der Waals surface area contributed by atoms with E-state index in [1.54, 1.807) is 7.11 Å². The second-order valence-electron chi connectivity index (χ2n) is 6.75. The Labute approximate surface area is 149 Å². The number of methoxy groups -OCH3 is 1. The van der Waals surface area contributed by atoms with Gasteiger partial charge in [0, 0.05) is 31.6 Å². The van der Waals surface area contributed by atoms with Crippen LogP contribution >= 0.6 is 0 Å². The number of hydrogen-bond donors (Lipinski definition) is 0. The average Bonchev–Trinajstić information content (AvgIpc) is 2.63. The van der Waals surface area contributed by atoms with Crippen LogP contribution in [0.3, 0.4) is 0 Å². The van der Waals surface area contributed by atoms with E-state index < -0.39 is 0 Å². The zero-order valence-corrected chi connectivity index (χ0v) is 15.1. The summed E-state index contributed by atoms with van der Waals surface area (Å²) in [4.78, 5) is 16.6. The fraction of sp³-hybridized carbons (Fsp3) is 0.632. The van der Waals surface area contributed by atoms with Gasteiger partial charge in [0.15, 0.2) is 0 Å². The number of benzene rings is 1. The lowest BCUT2D eigenvalue weighted by Gasteiger charge is -2.39. The molecule has 0 saturated carbocycles. The summed E-state index contributed by atoms with van der Waals surface area (Å²) >= 11 is 0. The maximum atomic E-state index is 12.3. The minimum absolute atomic E-state index is 0.0766. The van der Waals surface area contributed by atoms with Gasteiger partial charge in [-0.2, -0.15) is 0 Å². The summed E-state index contributed by atoms with van der Waals surface area (Å²) in [6.07, 6.45) is 1.58. The first kappa shape index (κ1) is 18.0. The lowest BCUT2D eigenvalue weighted by atomic mass is 10.1. The smallest absolute Gasteiger partial charge is 0.222 e. The Morgan fingerprint density at radius 3 is 2.72 bits per heavy atom. The Bertz CT molecular complexity index is 568. The predicted molar refractivity (Wildman–Crippen MR) is 95.1 cm³/mol. The highest BCUT2D eigenvalue weighted by Gasteiger charge is 2.32. The van der Waals surface area contributed by atoms with Crippen molar-refractivity contribution in [1.82, 2.24) is 9.80 Å². The number of carbonyl (C=O) groups excluding carboxylic acids is 1. The Morgan fingerprint density at radius 1 is 1.28 bits per heavy atom. The van der Waals surface area contributed by atoms with Crippen LogP contribution in [0.15, 0.2) is 24.3 Å². The fourth-order valence-corrected chi connectivity index (χ4v) is 3.27. The van der Waals surface area contributed by atoms with E-state index >= 15 is 0 Å². The molecule has 3 rings (SSSR count). The van der Waals surface area contributed by atoms with Gasteiger partial charge in [0.05, 0.1) is 33.4 Å². The number of rotatable bonds is 7. The Balaban J connectivity index is 1.36. The molecule has 1 aromatic carbocycles. The minimum atomic E-state index is 0.0766. The van der Waals surface area contributed by atoms with Crippen molar-refractivity contribution in [1.29, 1.82) is 0 Å². The van der Waals surface area contributed by atoms with Crippen molar-refractivity contribution in [2.75, 3.05) is 46.5 Å². The first-order valence-electron chi connectivity index (χ1n) is 9.06. The molecule has 0 spiro atoms. The van der Waals surface area contributed by atoms with Gasteiger partial charge >= 0.3 is 0 Å². The molecular weight excluding hydrogens is 320 g/mol. The number of likely N-dealkylation sites (tertiary alicyclic amines) is 1. The summed E-state index contributed by atoms with van der Waals surface area (Å²) in [5.74, 6) is 1.80. The standard InChI is InChI=1S/C19H28N2O4/c1-15(20-8-10-24-11-9-20)6-7-19(22)21-13-18(14-21)25-17-5-3-4-16(12-17)23-2/h3-5,12,15,18H,6-11,13-14H2,1-2H3/t15-/m0/s1. The largest absolute Gasteiger partial charge is 0.497 e. The molecule has 0 unspecified atom stereocenters. The van der Waals surface area contributed by atoms with Gasteiger partial charge in [-0.05, 0) is 25.5 Å². The Hall–Kier alpha value is -1.79. The fourth-order valence-electron chi connectivity index (χ4n) is 3.27. The second kappa shape index (κ2) is 8.54. The Kier molecular flexibility index (Phi) is 6.15.